The number of hydrogen-bond donors (Lipinski definition) is 1. The van der Waals surface area contributed by atoms with Crippen LogP contribution in [0, 0.1) is 5.82 Å². The van der Waals surface area contributed by atoms with Crippen molar-refractivity contribution < 1.29 is 9.18 Å². The number of nitrogens with two attached hydrogens (primary N) is 1. The average Bonchev–Trinajstić information content (AvgIpc) is 2.56. The smallest absolute Gasteiger partial charge is 0.241 e. The molecular weight excluding hydrogens is 217 g/mol. The molecule has 0 heterocycles. The van der Waals surface area contributed by atoms with Crippen LogP contribution in [0.15, 0.2) is 24.3 Å². The van der Waals surface area contributed by atoms with Crippen molar-refractivity contribution >= 4 is 11.5 Å². The van der Waals surface area contributed by atoms with Crippen LogP contribution in [0.2, 0.25) is 0 Å². The van der Waals surface area contributed by atoms with E-state index in [9.17, 15) is 9.18 Å². The molecule has 0 aliphatic heterocycles. The number of carbonyl (C=O) groups excluding carboxylic acids is 1. The van der Waals surface area contributed by atoms with E-state index in [4.69, 9.17) is 5.73 Å². The van der Waals surface area contributed by atoms with Crippen LogP contribution >= 0.6 is 0 Å². The molecule has 0 bridgehead atoms. The fourth-order valence-electron chi connectivity index (χ4n) is 2.56. The van der Waals surface area contributed by atoms with Crippen LogP contribution in [-0.2, 0) is 4.79 Å². The lowest BCUT2D eigenvalue weighted by atomic mass is 9.97. The summed E-state index contributed by atoms with van der Waals surface area (Å²) >= 11 is 0. The Morgan fingerprint density at radius 2 is 2.35 bits per heavy atom. The van der Waals surface area contributed by atoms with Crippen LogP contribution in [0.4, 0.5) is 4.39 Å². The molecule has 90 valence electrons. The zero-order valence-corrected chi connectivity index (χ0v) is 9.87. The van der Waals surface area contributed by atoms with Gasteiger partial charge in [-0.3, -0.25) is 4.79 Å². The van der Waals surface area contributed by atoms with Crippen molar-refractivity contribution in [2.75, 3.05) is 0 Å². The lowest BCUT2D eigenvalue weighted by Gasteiger charge is -2.08. The highest BCUT2D eigenvalue weighted by Gasteiger charge is 2.26. The van der Waals surface area contributed by atoms with Crippen molar-refractivity contribution in [1.82, 2.24) is 0 Å². The molecule has 1 aromatic rings. The van der Waals surface area contributed by atoms with Crippen LogP contribution in [-0.4, -0.2) is 5.91 Å². The van der Waals surface area contributed by atoms with Gasteiger partial charge in [0.25, 0.3) is 0 Å². The molecule has 0 spiro atoms. The second-order valence-electron chi connectivity index (χ2n) is 4.49. The molecule has 2 nitrogen and oxygen atoms in total. The van der Waals surface area contributed by atoms with Crippen molar-refractivity contribution in [3.8, 4) is 0 Å². The molecule has 0 fully saturated rings. The van der Waals surface area contributed by atoms with E-state index in [2.05, 4.69) is 6.92 Å². The highest BCUT2D eigenvalue weighted by atomic mass is 19.1. The molecule has 0 radical (unpaired) electrons. The van der Waals surface area contributed by atoms with Crippen molar-refractivity contribution in [1.29, 1.82) is 0 Å². The van der Waals surface area contributed by atoms with E-state index < -0.39 is 5.91 Å². The fourth-order valence-corrected chi connectivity index (χ4v) is 2.56. The summed E-state index contributed by atoms with van der Waals surface area (Å²) in [5, 5.41) is 0. The average molecular weight is 233 g/mol. The molecule has 17 heavy (non-hydrogen) atoms. The van der Waals surface area contributed by atoms with Crippen LogP contribution < -0.4 is 5.73 Å². The molecule has 1 aliphatic rings. The van der Waals surface area contributed by atoms with Gasteiger partial charge in [-0.1, -0.05) is 19.4 Å². The largest absolute Gasteiger partial charge is 0.366 e. The van der Waals surface area contributed by atoms with E-state index >= 15 is 0 Å². The first-order chi connectivity index (χ1) is 8.11. The summed E-state index contributed by atoms with van der Waals surface area (Å²) in [6.07, 6.45) is 4.34. The van der Waals surface area contributed by atoms with Crippen molar-refractivity contribution in [3.05, 3.63) is 41.2 Å². The number of amides is 1. The predicted octanol–water partition coefficient (Wildman–Crippen LogP) is 2.98. The Hall–Kier alpha value is -1.64. The Bertz CT molecular complexity index is 479. The maximum absolute atomic E-state index is 13.2. The molecule has 1 unspecified atom stereocenters. The highest BCUT2D eigenvalue weighted by molar-refractivity contribution is 5.95. The van der Waals surface area contributed by atoms with Crippen molar-refractivity contribution in [2.24, 2.45) is 5.73 Å². The molecule has 0 saturated heterocycles. The van der Waals surface area contributed by atoms with Gasteiger partial charge in [-0.25, -0.2) is 4.39 Å². The third-order valence-corrected chi connectivity index (χ3v) is 3.22. The maximum atomic E-state index is 13.2. The summed E-state index contributed by atoms with van der Waals surface area (Å²) in [5.74, 6) is -0.343. The SMILES string of the molecule is CCCC1C/C(=C\C(N)=O)c2cc(F)ccc21. The first kappa shape index (κ1) is 11.8. The second kappa shape index (κ2) is 4.70. The van der Waals surface area contributed by atoms with E-state index in [-0.39, 0.29) is 5.82 Å². The van der Waals surface area contributed by atoms with Crippen molar-refractivity contribution in [2.45, 2.75) is 32.1 Å². The van der Waals surface area contributed by atoms with Gasteiger partial charge in [-0.05, 0) is 47.6 Å². The summed E-state index contributed by atoms with van der Waals surface area (Å²) in [6.45, 7) is 2.12. The molecule has 3 heteroatoms. The first-order valence-electron chi connectivity index (χ1n) is 5.91. The molecule has 1 aliphatic carbocycles. The summed E-state index contributed by atoms with van der Waals surface area (Å²) in [6, 6.07) is 4.81. The van der Waals surface area contributed by atoms with Crippen molar-refractivity contribution in [3.63, 3.8) is 0 Å². The van der Waals surface area contributed by atoms with Gasteiger partial charge in [-0.15, -0.1) is 0 Å². The molecular formula is C14H16FNO. The molecule has 0 saturated carbocycles. The van der Waals surface area contributed by atoms with Crippen LogP contribution in [0.5, 0.6) is 0 Å². The normalized spacial score (nSPS) is 20.6. The zero-order chi connectivity index (χ0) is 12.4. The van der Waals surface area contributed by atoms with Gasteiger partial charge in [0.2, 0.25) is 5.91 Å². The quantitative estimate of drug-likeness (QED) is 0.801. The molecule has 2 N–H and O–H groups in total. The Labute approximate surface area is 100 Å². The minimum atomic E-state index is -0.465. The third kappa shape index (κ3) is 2.38. The number of halogens is 1. The van der Waals surface area contributed by atoms with E-state index in [1.54, 1.807) is 0 Å². The molecule has 0 aromatic heterocycles. The predicted molar refractivity (Wildman–Crippen MR) is 65.8 cm³/mol. The molecule has 1 amide bonds. The number of hydrogen-bond acceptors (Lipinski definition) is 1. The third-order valence-electron chi connectivity index (χ3n) is 3.22. The Balaban J connectivity index is 2.44. The van der Waals surface area contributed by atoms with Gasteiger partial charge in [0.15, 0.2) is 0 Å². The van der Waals surface area contributed by atoms with E-state index in [1.165, 1.54) is 18.2 Å². The van der Waals surface area contributed by atoms with Crippen LogP contribution in [0.25, 0.3) is 5.57 Å². The minimum absolute atomic E-state index is 0.267. The van der Waals surface area contributed by atoms with E-state index in [1.807, 2.05) is 6.07 Å². The van der Waals surface area contributed by atoms with Gasteiger partial charge >= 0.3 is 0 Å². The van der Waals surface area contributed by atoms with Gasteiger partial charge in [0, 0.05) is 6.08 Å². The summed E-state index contributed by atoms with van der Waals surface area (Å²) in [4.78, 5) is 11.0. The number of benzene rings is 1. The zero-order valence-electron chi connectivity index (χ0n) is 9.87. The van der Waals surface area contributed by atoms with Gasteiger partial charge in [0.1, 0.15) is 5.82 Å². The number of carbonyl (C=O) groups is 1. The number of rotatable bonds is 3. The summed E-state index contributed by atoms with van der Waals surface area (Å²) in [7, 11) is 0. The standard InChI is InChI=1S/C14H16FNO/c1-2-3-9-6-10(7-14(16)17)13-8-11(15)4-5-12(9)13/h4-5,7-9H,2-3,6H2,1H3,(H2,16,17)/b10-7+. The summed E-state index contributed by atoms with van der Waals surface area (Å²) in [5.41, 5.74) is 8.03. The van der Waals surface area contributed by atoms with Gasteiger partial charge < -0.3 is 5.73 Å². The number of allylic oxidation sites excluding steroid dienone is 1. The Kier molecular flexibility index (Phi) is 3.27. The van der Waals surface area contributed by atoms with Crippen LogP contribution in [0.1, 0.15) is 43.2 Å². The van der Waals surface area contributed by atoms with Gasteiger partial charge in [-0.2, -0.15) is 0 Å². The second-order valence-corrected chi connectivity index (χ2v) is 4.49. The minimum Gasteiger partial charge on any atom is -0.366 e. The Morgan fingerprint density at radius 3 is 3.00 bits per heavy atom. The lowest BCUT2D eigenvalue weighted by molar-refractivity contribution is -0.113. The number of primary amides is 1. The van der Waals surface area contributed by atoms with E-state index in [0.717, 1.165) is 36.0 Å². The fraction of sp³-hybridized carbons (Fsp3) is 0.357. The van der Waals surface area contributed by atoms with Gasteiger partial charge in [0.05, 0.1) is 0 Å². The maximum Gasteiger partial charge on any atom is 0.241 e. The number of fused-ring (bicyclic) bond motifs is 1. The first-order valence-corrected chi connectivity index (χ1v) is 5.91. The highest BCUT2D eigenvalue weighted by Crippen LogP contribution is 2.43. The monoisotopic (exact) mass is 233 g/mol. The molecule has 1 aromatic carbocycles. The molecule has 2 rings (SSSR count). The summed E-state index contributed by atoms with van der Waals surface area (Å²) < 4.78 is 13.2. The van der Waals surface area contributed by atoms with E-state index in [0.29, 0.717) is 5.92 Å². The topological polar surface area (TPSA) is 43.1 Å². The molecule has 1 atom stereocenters. The Morgan fingerprint density at radius 1 is 1.59 bits per heavy atom. The van der Waals surface area contributed by atoms with Crippen LogP contribution in [0.3, 0.4) is 0 Å². The lowest BCUT2D eigenvalue weighted by Crippen LogP contribution is -2.06.